The molecular weight excluding hydrogens is 529 g/mol. The summed E-state index contributed by atoms with van der Waals surface area (Å²) in [4.78, 5) is 20.0. The number of anilines is 1. The summed E-state index contributed by atoms with van der Waals surface area (Å²) >= 11 is 8.21. The minimum Gasteiger partial charge on any atom is -0.283 e. The molecule has 0 radical (unpaired) electrons. The summed E-state index contributed by atoms with van der Waals surface area (Å²) in [5, 5.41) is 0.462. The van der Waals surface area contributed by atoms with Crippen LogP contribution in [0.2, 0.25) is 4.34 Å². The van der Waals surface area contributed by atoms with Gasteiger partial charge in [0.15, 0.2) is 5.13 Å². The molecule has 5 rings (SSSR count). The highest BCUT2D eigenvalue weighted by atomic mass is 35.5. The van der Waals surface area contributed by atoms with E-state index in [2.05, 4.69) is 4.98 Å². The molecule has 2 aromatic heterocycles. The van der Waals surface area contributed by atoms with Gasteiger partial charge in [0, 0.05) is 13.1 Å². The number of sulfonamides is 1. The zero-order chi connectivity index (χ0) is 24.6. The van der Waals surface area contributed by atoms with Gasteiger partial charge in [-0.3, -0.25) is 9.69 Å². The molecule has 1 amide bonds. The number of benzene rings is 2. The lowest BCUT2D eigenvalue weighted by molar-refractivity contribution is -0.123. The number of hydrogen-bond acceptors (Lipinski definition) is 6. The van der Waals surface area contributed by atoms with E-state index in [1.54, 1.807) is 17.0 Å². The fourth-order valence-corrected chi connectivity index (χ4v) is 8.31. The molecule has 1 atom stereocenters. The Hall–Kier alpha value is -2.37. The second kappa shape index (κ2) is 9.94. The number of nitrogens with zero attached hydrogens (tertiary/aromatic N) is 3. The molecule has 182 valence electrons. The predicted octanol–water partition coefficient (Wildman–Crippen LogP) is 5.78. The summed E-state index contributed by atoms with van der Waals surface area (Å²) in [6, 6.07) is 16.9. The minimum absolute atomic E-state index is 0.0848. The highest BCUT2D eigenvalue weighted by molar-refractivity contribution is 7.91. The van der Waals surface area contributed by atoms with Crippen LogP contribution in [-0.4, -0.2) is 36.7 Å². The van der Waals surface area contributed by atoms with Crippen LogP contribution in [0.1, 0.15) is 18.4 Å². The lowest BCUT2D eigenvalue weighted by Gasteiger charge is -2.33. The van der Waals surface area contributed by atoms with Crippen molar-refractivity contribution in [3.05, 3.63) is 76.4 Å². The van der Waals surface area contributed by atoms with Gasteiger partial charge in [-0.05, 0) is 48.7 Å². The first-order valence-corrected chi connectivity index (χ1v) is 14.4. The van der Waals surface area contributed by atoms with Gasteiger partial charge in [0.2, 0.25) is 5.91 Å². The molecule has 35 heavy (non-hydrogen) atoms. The van der Waals surface area contributed by atoms with Crippen molar-refractivity contribution in [3.63, 3.8) is 0 Å². The number of amides is 1. The molecule has 3 heterocycles. The van der Waals surface area contributed by atoms with E-state index in [-0.39, 0.29) is 29.0 Å². The average Bonchev–Trinajstić information content (AvgIpc) is 3.49. The second-order valence-electron chi connectivity index (χ2n) is 8.28. The van der Waals surface area contributed by atoms with Gasteiger partial charge in [0.25, 0.3) is 10.0 Å². The number of hydrogen-bond donors (Lipinski definition) is 0. The molecule has 11 heteroatoms. The molecule has 1 unspecified atom stereocenters. The summed E-state index contributed by atoms with van der Waals surface area (Å²) in [5.41, 5.74) is 1.53. The smallest absolute Gasteiger partial charge is 0.252 e. The van der Waals surface area contributed by atoms with Crippen LogP contribution in [0.15, 0.2) is 64.9 Å². The van der Waals surface area contributed by atoms with E-state index in [0.29, 0.717) is 39.1 Å². The van der Waals surface area contributed by atoms with Crippen molar-refractivity contribution in [2.75, 3.05) is 18.0 Å². The SMILES string of the molecule is O=C(C1CCCN(S(=O)(=O)c2ccc(Cl)s2)C1)N(Cc1ccccc1)c1nc2ccc(F)cc2s1. The van der Waals surface area contributed by atoms with Gasteiger partial charge in [-0.15, -0.1) is 11.3 Å². The van der Waals surface area contributed by atoms with Gasteiger partial charge in [-0.25, -0.2) is 17.8 Å². The van der Waals surface area contributed by atoms with E-state index in [1.807, 2.05) is 30.3 Å². The summed E-state index contributed by atoms with van der Waals surface area (Å²) in [5.74, 6) is -1.09. The van der Waals surface area contributed by atoms with Crippen LogP contribution in [0, 0.1) is 11.7 Å². The molecule has 1 aliphatic rings. The van der Waals surface area contributed by atoms with E-state index in [9.17, 15) is 17.6 Å². The van der Waals surface area contributed by atoms with E-state index < -0.39 is 15.9 Å². The van der Waals surface area contributed by atoms with E-state index in [4.69, 9.17) is 11.6 Å². The molecule has 0 saturated carbocycles. The first-order chi connectivity index (χ1) is 16.8. The quantitative estimate of drug-likeness (QED) is 0.305. The Morgan fingerprint density at radius 2 is 1.94 bits per heavy atom. The Bertz CT molecular complexity index is 1470. The fourth-order valence-electron chi connectivity index (χ4n) is 4.15. The zero-order valence-corrected chi connectivity index (χ0v) is 21.6. The molecule has 0 N–H and O–H groups in total. The Balaban J connectivity index is 1.45. The van der Waals surface area contributed by atoms with Crippen LogP contribution in [-0.2, 0) is 21.4 Å². The van der Waals surface area contributed by atoms with E-state index in [1.165, 1.54) is 33.8 Å². The number of halogens is 2. The number of rotatable bonds is 6. The molecule has 0 aliphatic carbocycles. The van der Waals surface area contributed by atoms with Crippen LogP contribution in [0.5, 0.6) is 0 Å². The average molecular weight is 550 g/mol. The summed E-state index contributed by atoms with van der Waals surface area (Å²) < 4.78 is 42.7. The molecule has 6 nitrogen and oxygen atoms in total. The Kier molecular flexibility index (Phi) is 6.91. The molecule has 2 aromatic carbocycles. The Morgan fingerprint density at radius 1 is 1.14 bits per heavy atom. The van der Waals surface area contributed by atoms with Crippen molar-refractivity contribution in [3.8, 4) is 0 Å². The third-order valence-corrected chi connectivity index (χ3v) is 10.5. The van der Waals surface area contributed by atoms with Crippen molar-refractivity contribution in [1.82, 2.24) is 9.29 Å². The monoisotopic (exact) mass is 549 g/mol. The maximum Gasteiger partial charge on any atom is 0.252 e. The highest BCUT2D eigenvalue weighted by Crippen LogP contribution is 2.34. The molecule has 1 saturated heterocycles. The topological polar surface area (TPSA) is 70.6 Å². The largest absolute Gasteiger partial charge is 0.283 e. The highest BCUT2D eigenvalue weighted by Gasteiger charge is 2.36. The Labute approximate surface area is 215 Å². The van der Waals surface area contributed by atoms with Gasteiger partial charge in [0.05, 0.1) is 27.0 Å². The van der Waals surface area contributed by atoms with Gasteiger partial charge in [-0.1, -0.05) is 53.3 Å². The van der Waals surface area contributed by atoms with Crippen LogP contribution in [0.4, 0.5) is 9.52 Å². The maximum absolute atomic E-state index is 13.8. The second-order valence-corrected chi connectivity index (χ2v) is 13.2. The van der Waals surface area contributed by atoms with Crippen LogP contribution >= 0.6 is 34.3 Å². The normalized spacial score (nSPS) is 17.0. The fraction of sp³-hybridized carbons (Fsp3) is 0.250. The van der Waals surface area contributed by atoms with Crippen molar-refractivity contribution in [2.24, 2.45) is 5.92 Å². The molecule has 0 spiro atoms. The van der Waals surface area contributed by atoms with Crippen LogP contribution in [0.3, 0.4) is 0 Å². The van der Waals surface area contributed by atoms with Gasteiger partial charge in [0.1, 0.15) is 10.0 Å². The van der Waals surface area contributed by atoms with Crippen molar-refractivity contribution >= 4 is 65.6 Å². The molecule has 1 aliphatic heterocycles. The first kappa shape index (κ1) is 24.3. The summed E-state index contributed by atoms with van der Waals surface area (Å²) in [7, 11) is -3.74. The van der Waals surface area contributed by atoms with Crippen LogP contribution in [0.25, 0.3) is 10.2 Å². The summed E-state index contributed by atoms with van der Waals surface area (Å²) in [6.45, 7) is 0.716. The maximum atomic E-state index is 13.8. The minimum atomic E-state index is -3.74. The standard InChI is InChI=1S/C24H21ClFN3O3S3/c25-21-10-11-22(34-21)35(31,32)28-12-4-7-17(15-28)23(30)29(14-16-5-2-1-3-6-16)24-27-19-9-8-18(26)13-20(19)33-24/h1-3,5-6,8-11,13,17H,4,7,12,14-15H2. The Morgan fingerprint density at radius 3 is 2.69 bits per heavy atom. The predicted molar refractivity (Wildman–Crippen MR) is 138 cm³/mol. The van der Waals surface area contributed by atoms with Gasteiger partial charge < -0.3 is 0 Å². The van der Waals surface area contributed by atoms with E-state index in [0.717, 1.165) is 16.9 Å². The number of thiazole rings is 1. The lowest BCUT2D eigenvalue weighted by atomic mass is 9.98. The molecule has 0 bridgehead atoms. The number of aromatic nitrogens is 1. The third kappa shape index (κ3) is 5.12. The number of fused-ring (bicyclic) bond motifs is 1. The van der Waals surface area contributed by atoms with Crippen LogP contribution < -0.4 is 4.90 Å². The zero-order valence-electron chi connectivity index (χ0n) is 18.4. The number of carbonyl (C=O) groups excluding carboxylic acids is 1. The van der Waals surface area contributed by atoms with Crippen molar-refractivity contribution in [2.45, 2.75) is 23.6 Å². The van der Waals surface area contributed by atoms with Gasteiger partial charge in [-0.2, -0.15) is 4.31 Å². The van der Waals surface area contributed by atoms with Gasteiger partial charge >= 0.3 is 0 Å². The number of carbonyl (C=O) groups is 1. The van der Waals surface area contributed by atoms with Crippen molar-refractivity contribution < 1.29 is 17.6 Å². The summed E-state index contributed by atoms with van der Waals surface area (Å²) in [6.07, 6.45) is 1.14. The first-order valence-electron chi connectivity index (χ1n) is 11.0. The van der Waals surface area contributed by atoms with Crippen molar-refractivity contribution in [1.29, 1.82) is 0 Å². The number of piperidine rings is 1. The molecule has 4 aromatic rings. The van der Waals surface area contributed by atoms with E-state index >= 15 is 0 Å². The molecular formula is C24H21ClFN3O3S3. The number of thiophene rings is 1. The lowest BCUT2D eigenvalue weighted by Crippen LogP contribution is -2.46. The molecule has 1 fully saturated rings. The third-order valence-electron chi connectivity index (χ3n) is 5.90.